The predicted octanol–water partition coefficient (Wildman–Crippen LogP) is 5.97. The zero-order valence-electron chi connectivity index (χ0n) is 20.8. The average Bonchev–Trinajstić information content (AvgIpc) is 3.35. The molecule has 0 N–H and O–H groups in total. The van der Waals surface area contributed by atoms with E-state index in [1.54, 1.807) is 18.2 Å². The number of allylic oxidation sites excluding steroid dienone is 1. The number of piperidine rings is 1. The minimum atomic E-state index is -4.96. The van der Waals surface area contributed by atoms with Crippen LogP contribution in [0.4, 0.5) is 27.6 Å². The predicted molar refractivity (Wildman–Crippen MR) is 135 cm³/mol. The first kappa shape index (κ1) is 26.6. The van der Waals surface area contributed by atoms with Gasteiger partial charge in [0.05, 0.1) is 5.69 Å². The summed E-state index contributed by atoms with van der Waals surface area (Å²) in [5, 5.41) is 0. The van der Waals surface area contributed by atoms with Crippen LogP contribution < -0.4 is 4.90 Å². The standard InChI is InChI=1S/C28H25F5N4O2/c29-27(30)13-16-36(22-12-6-5-11-20(22)21(27)17-23(38)35-14-7-2-8-15-35)26(39)24-25(28(31,32)33)37(18-34-24)19-9-3-1-4-10-19/h1,3-6,9-12,17-18H,2,7-8,13-16H2/b21-17-. The molecule has 0 saturated carbocycles. The maximum atomic E-state index is 15.5. The monoisotopic (exact) mass is 544 g/mol. The maximum absolute atomic E-state index is 15.5. The lowest BCUT2D eigenvalue weighted by Crippen LogP contribution is -2.35. The van der Waals surface area contributed by atoms with Crippen molar-refractivity contribution in [1.82, 2.24) is 14.5 Å². The second-order valence-corrected chi connectivity index (χ2v) is 9.52. The number of para-hydroxylation sites is 2. The molecule has 2 aliphatic heterocycles. The first-order chi connectivity index (χ1) is 18.6. The van der Waals surface area contributed by atoms with Crippen molar-refractivity contribution in [3.8, 4) is 5.69 Å². The molecule has 204 valence electrons. The number of amides is 2. The van der Waals surface area contributed by atoms with Crippen molar-refractivity contribution in [3.05, 3.63) is 84.0 Å². The third-order valence-electron chi connectivity index (χ3n) is 6.98. The van der Waals surface area contributed by atoms with Crippen molar-refractivity contribution in [2.75, 3.05) is 24.5 Å². The van der Waals surface area contributed by atoms with E-state index in [0.29, 0.717) is 13.1 Å². The van der Waals surface area contributed by atoms with Gasteiger partial charge in [0.25, 0.3) is 11.8 Å². The summed E-state index contributed by atoms with van der Waals surface area (Å²) in [5.74, 6) is -5.23. The number of carbonyl (C=O) groups is 2. The van der Waals surface area contributed by atoms with E-state index in [1.165, 1.54) is 41.3 Å². The first-order valence-corrected chi connectivity index (χ1v) is 12.6. The van der Waals surface area contributed by atoms with E-state index in [4.69, 9.17) is 0 Å². The van der Waals surface area contributed by atoms with Crippen LogP contribution in [0.3, 0.4) is 0 Å². The molecule has 0 radical (unpaired) electrons. The van der Waals surface area contributed by atoms with Gasteiger partial charge in [0.15, 0.2) is 11.4 Å². The van der Waals surface area contributed by atoms with Gasteiger partial charge in [0, 0.05) is 49.0 Å². The summed E-state index contributed by atoms with van der Waals surface area (Å²) in [6.07, 6.45) is -1.53. The van der Waals surface area contributed by atoms with Gasteiger partial charge in [0.2, 0.25) is 5.91 Å². The fraction of sp³-hybridized carbons (Fsp3) is 0.321. The maximum Gasteiger partial charge on any atom is 0.434 e. The molecular weight excluding hydrogens is 519 g/mol. The summed E-state index contributed by atoms with van der Waals surface area (Å²) >= 11 is 0. The summed E-state index contributed by atoms with van der Waals surface area (Å²) in [6, 6.07) is 13.3. The Labute approximate surface area is 221 Å². The number of hydrogen-bond donors (Lipinski definition) is 0. The van der Waals surface area contributed by atoms with Crippen molar-refractivity contribution in [2.45, 2.75) is 37.8 Å². The number of likely N-dealkylation sites (tertiary alicyclic amines) is 1. The lowest BCUT2D eigenvalue weighted by atomic mass is 9.96. The zero-order chi connectivity index (χ0) is 27.8. The van der Waals surface area contributed by atoms with E-state index < -0.39 is 53.8 Å². The molecular formula is C28H25F5N4O2. The Kier molecular flexibility index (Phi) is 7.00. The number of fused-ring (bicyclic) bond motifs is 1. The molecule has 0 aliphatic carbocycles. The second kappa shape index (κ2) is 10.3. The molecule has 1 fully saturated rings. The van der Waals surface area contributed by atoms with Crippen LogP contribution in [0.1, 0.15) is 47.4 Å². The molecule has 39 heavy (non-hydrogen) atoms. The SMILES string of the molecule is O=C(/C=C1/c2ccccc2N(C(=O)c2ncn(-c3ccccc3)c2C(F)(F)F)CCC1(F)F)N1CCCCC1. The number of imidazole rings is 1. The fourth-order valence-corrected chi connectivity index (χ4v) is 5.05. The van der Waals surface area contributed by atoms with Crippen LogP contribution in [0.2, 0.25) is 0 Å². The van der Waals surface area contributed by atoms with E-state index in [0.717, 1.165) is 41.1 Å². The van der Waals surface area contributed by atoms with Crippen LogP contribution in [0.15, 0.2) is 67.0 Å². The minimum absolute atomic E-state index is 0.0141. The zero-order valence-corrected chi connectivity index (χ0v) is 20.8. The minimum Gasteiger partial charge on any atom is -0.339 e. The smallest absolute Gasteiger partial charge is 0.339 e. The van der Waals surface area contributed by atoms with Gasteiger partial charge in [-0.1, -0.05) is 36.4 Å². The number of hydrogen-bond acceptors (Lipinski definition) is 3. The summed E-state index contributed by atoms with van der Waals surface area (Å²) in [7, 11) is 0. The molecule has 0 spiro atoms. The molecule has 3 heterocycles. The fourth-order valence-electron chi connectivity index (χ4n) is 5.05. The van der Waals surface area contributed by atoms with Crippen molar-refractivity contribution in [2.24, 2.45) is 0 Å². The molecule has 6 nitrogen and oxygen atoms in total. The highest BCUT2D eigenvalue weighted by atomic mass is 19.4. The third kappa shape index (κ3) is 5.17. The largest absolute Gasteiger partial charge is 0.434 e. The van der Waals surface area contributed by atoms with Gasteiger partial charge in [-0.2, -0.15) is 13.2 Å². The van der Waals surface area contributed by atoms with E-state index >= 15 is 8.78 Å². The molecule has 1 saturated heterocycles. The second-order valence-electron chi connectivity index (χ2n) is 9.52. The molecule has 1 aromatic heterocycles. The molecule has 3 aromatic rings. The highest BCUT2D eigenvalue weighted by Gasteiger charge is 2.45. The Bertz CT molecular complexity index is 1410. The molecule has 2 aliphatic rings. The topological polar surface area (TPSA) is 58.4 Å². The number of halogens is 5. The van der Waals surface area contributed by atoms with Crippen molar-refractivity contribution < 1.29 is 31.5 Å². The van der Waals surface area contributed by atoms with Crippen LogP contribution in [-0.2, 0) is 11.0 Å². The van der Waals surface area contributed by atoms with Gasteiger partial charge in [-0.05, 0) is 37.5 Å². The Morgan fingerprint density at radius 2 is 1.56 bits per heavy atom. The van der Waals surface area contributed by atoms with Gasteiger partial charge >= 0.3 is 6.18 Å². The van der Waals surface area contributed by atoms with Crippen molar-refractivity contribution in [3.63, 3.8) is 0 Å². The van der Waals surface area contributed by atoms with Crippen LogP contribution in [0.25, 0.3) is 11.3 Å². The summed E-state index contributed by atoms with van der Waals surface area (Å²) in [4.78, 5) is 32.7. The van der Waals surface area contributed by atoms with Gasteiger partial charge < -0.3 is 9.80 Å². The van der Waals surface area contributed by atoms with Crippen molar-refractivity contribution in [1.29, 1.82) is 0 Å². The quantitative estimate of drug-likeness (QED) is 0.302. The Hall–Kier alpha value is -4.02. The Morgan fingerprint density at radius 1 is 0.897 bits per heavy atom. The Morgan fingerprint density at radius 3 is 2.26 bits per heavy atom. The Balaban J connectivity index is 1.58. The number of nitrogens with zero attached hydrogens (tertiary/aromatic N) is 4. The number of benzene rings is 2. The van der Waals surface area contributed by atoms with Gasteiger partial charge in [-0.3, -0.25) is 14.2 Å². The summed E-state index contributed by atoms with van der Waals surface area (Å²) in [6.45, 7) is 0.350. The number of rotatable bonds is 3. The van der Waals surface area contributed by atoms with E-state index in [1.807, 2.05) is 0 Å². The summed E-state index contributed by atoms with van der Waals surface area (Å²) in [5.41, 5.74) is -2.73. The molecule has 0 atom stereocenters. The molecule has 2 aromatic carbocycles. The average molecular weight is 545 g/mol. The lowest BCUT2D eigenvalue weighted by Gasteiger charge is -2.26. The van der Waals surface area contributed by atoms with Gasteiger partial charge in [-0.15, -0.1) is 0 Å². The molecule has 0 unspecified atom stereocenters. The lowest BCUT2D eigenvalue weighted by molar-refractivity contribution is -0.142. The highest BCUT2D eigenvalue weighted by Crippen LogP contribution is 2.44. The summed E-state index contributed by atoms with van der Waals surface area (Å²) < 4.78 is 74.4. The van der Waals surface area contributed by atoms with Gasteiger partial charge in [-0.25, -0.2) is 13.8 Å². The number of anilines is 1. The van der Waals surface area contributed by atoms with Gasteiger partial charge in [0.1, 0.15) is 6.33 Å². The number of carbonyl (C=O) groups excluding carboxylic acids is 2. The number of alkyl halides is 5. The highest BCUT2D eigenvalue weighted by molar-refractivity contribution is 6.08. The van der Waals surface area contributed by atoms with E-state index in [-0.39, 0.29) is 16.9 Å². The first-order valence-electron chi connectivity index (χ1n) is 12.6. The van der Waals surface area contributed by atoms with Crippen LogP contribution in [0.5, 0.6) is 0 Å². The van der Waals surface area contributed by atoms with Crippen LogP contribution >= 0.6 is 0 Å². The molecule has 2 amide bonds. The number of aromatic nitrogens is 2. The van der Waals surface area contributed by atoms with Crippen LogP contribution in [0, 0.1) is 0 Å². The van der Waals surface area contributed by atoms with Crippen LogP contribution in [-0.4, -0.2) is 51.8 Å². The molecule has 5 rings (SSSR count). The van der Waals surface area contributed by atoms with Crippen molar-refractivity contribution >= 4 is 23.1 Å². The molecule has 0 bridgehead atoms. The normalized spacial score (nSPS) is 18.5. The van der Waals surface area contributed by atoms with E-state index in [2.05, 4.69) is 4.98 Å². The third-order valence-corrected chi connectivity index (χ3v) is 6.98. The molecule has 11 heteroatoms. The van der Waals surface area contributed by atoms with E-state index in [9.17, 15) is 22.8 Å².